The zero-order chi connectivity index (χ0) is 13.1. The van der Waals surface area contributed by atoms with Crippen LogP contribution < -0.4 is 10.6 Å². The number of hydrogen-bond acceptors (Lipinski definition) is 2. The third-order valence-corrected chi connectivity index (χ3v) is 4.36. The van der Waals surface area contributed by atoms with Crippen LogP contribution in [0.15, 0.2) is 24.3 Å². The molecule has 0 aromatic heterocycles. The fraction of sp³-hybridized carbons (Fsp3) is 0.562. The van der Waals surface area contributed by atoms with Crippen LogP contribution in [0.1, 0.15) is 49.3 Å². The van der Waals surface area contributed by atoms with Crippen LogP contribution in [-0.2, 0) is 11.2 Å². The maximum absolute atomic E-state index is 11.9. The summed E-state index contributed by atoms with van der Waals surface area (Å²) in [7, 11) is 0. The van der Waals surface area contributed by atoms with E-state index in [2.05, 4.69) is 34.9 Å². The van der Waals surface area contributed by atoms with Crippen LogP contribution in [0.25, 0.3) is 0 Å². The van der Waals surface area contributed by atoms with Gasteiger partial charge >= 0.3 is 0 Å². The summed E-state index contributed by atoms with van der Waals surface area (Å²) < 4.78 is 0. The highest BCUT2D eigenvalue weighted by atomic mass is 16.1. The van der Waals surface area contributed by atoms with Gasteiger partial charge in [0.1, 0.15) is 0 Å². The topological polar surface area (TPSA) is 41.1 Å². The summed E-state index contributed by atoms with van der Waals surface area (Å²) in [6.07, 6.45) is 7.05. The number of aryl methyl sites for hydroxylation is 1. The second kappa shape index (κ2) is 5.74. The van der Waals surface area contributed by atoms with Crippen molar-refractivity contribution in [2.24, 2.45) is 0 Å². The third-order valence-electron chi connectivity index (χ3n) is 4.36. The Labute approximate surface area is 114 Å². The van der Waals surface area contributed by atoms with Gasteiger partial charge in [-0.2, -0.15) is 0 Å². The molecule has 2 N–H and O–H groups in total. The SMILES string of the molecule is O=C(CNC1CCc2ccccc21)NC1CCCC1. The smallest absolute Gasteiger partial charge is 0.234 e. The van der Waals surface area contributed by atoms with E-state index in [0.29, 0.717) is 18.6 Å². The van der Waals surface area contributed by atoms with Gasteiger partial charge in [0.05, 0.1) is 6.54 Å². The average Bonchev–Trinajstić information content (AvgIpc) is 3.05. The largest absolute Gasteiger partial charge is 0.352 e. The van der Waals surface area contributed by atoms with Crippen molar-refractivity contribution in [2.75, 3.05) is 6.54 Å². The number of benzene rings is 1. The van der Waals surface area contributed by atoms with E-state index < -0.39 is 0 Å². The van der Waals surface area contributed by atoms with E-state index in [1.54, 1.807) is 0 Å². The van der Waals surface area contributed by atoms with Crippen LogP contribution in [0.4, 0.5) is 0 Å². The third kappa shape index (κ3) is 2.98. The molecule has 0 saturated heterocycles. The molecule has 3 heteroatoms. The van der Waals surface area contributed by atoms with E-state index in [1.807, 2.05) is 0 Å². The maximum Gasteiger partial charge on any atom is 0.234 e. The van der Waals surface area contributed by atoms with Crippen LogP contribution in [0.5, 0.6) is 0 Å². The lowest BCUT2D eigenvalue weighted by atomic mass is 10.1. The average molecular weight is 258 g/mol. The summed E-state index contributed by atoms with van der Waals surface area (Å²) in [6, 6.07) is 9.31. The van der Waals surface area contributed by atoms with Crippen molar-refractivity contribution in [1.29, 1.82) is 0 Å². The molecular formula is C16H22N2O. The first-order valence-corrected chi connectivity index (χ1v) is 7.43. The lowest BCUT2D eigenvalue weighted by molar-refractivity contribution is -0.121. The minimum absolute atomic E-state index is 0.149. The van der Waals surface area contributed by atoms with Crippen molar-refractivity contribution in [3.63, 3.8) is 0 Å². The Morgan fingerprint density at radius 2 is 1.95 bits per heavy atom. The number of hydrogen-bond donors (Lipinski definition) is 2. The summed E-state index contributed by atoms with van der Waals surface area (Å²) >= 11 is 0. The van der Waals surface area contributed by atoms with Crippen LogP contribution in [0, 0.1) is 0 Å². The maximum atomic E-state index is 11.9. The number of rotatable bonds is 4. The molecule has 1 amide bonds. The minimum atomic E-state index is 0.149. The zero-order valence-electron chi connectivity index (χ0n) is 11.3. The van der Waals surface area contributed by atoms with Crippen molar-refractivity contribution in [3.05, 3.63) is 35.4 Å². The van der Waals surface area contributed by atoms with E-state index in [1.165, 1.54) is 24.0 Å². The fourth-order valence-corrected chi connectivity index (χ4v) is 3.33. The van der Waals surface area contributed by atoms with Gasteiger partial charge in [0.2, 0.25) is 5.91 Å². The molecule has 2 aliphatic rings. The molecule has 1 atom stereocenters. The van der Waals surface area contributed by atoms with E-state index in [-0.39, 0.29) is 5.91 Å². The Morgan fingerprint density at radius 1 is 1.16 bits per heavy atom. The van der Waals surface area contributed by atoms with Crippen molar-refractivity contribution in [3.8, 4) is 0 Å². The molecule has 0 aliphatic heterocycles. The molecule has 102 valence electrons. The molecular weight excluding hydrogens is 236 g/mol. The van der Waals surface area contributed by atoms with Crippen LogP contribution in [0.2, 0.25) is 0 Å². The molecule has 0 heterocycles. The summed E-state index contributed by atoms with van der Waals surface area (Å²) in [5.41, 5.74) is 2.80. The molecule has 1 unspecified atom stereocenters. The highest BCUT2D eigenvalue weighted by Gasteiger charge is 2.22. The van der Waals surface area contributed by atoms with Gasteiger partial charge in [0.15, 0.2) is 0 Å². The predicted octanol–water partition coefficient (Wildman–Crippen LogP) is 2.32. The second-order valence-corrected chi connectivity index (χ2v) is 5.72. The van der Waals surface area contributed by atoms with Gasteiger partial charge in [-0.3, -0.25) is 4.79 Å². The van der Waals surface area contributed by atoms with Gasteiger partial charge in [-0.25, -0.2) is 0 Å². The normalized spacial score (nSPS) is 22.4. The lowest BCUT2D eigenvalue weighted by Crippen LogP contribution is -2.39. The molecule has 0 spiro atoms. The Morgan fingerprint density at radius 3 is 2.79 bits per heavy atom. The lowest BCUT2D eigenvalue weighted by Gasteiger charge is -2.16. The van der Waals surface area contributed by atoms with Gasteiger partial charge < -0.3 is 10.6 Å². The minimum Gasteiger partial charge on any atom is -0.352 e. The highest BCUT2D eigenvalue weighted by Crippen LogP contribution is 2.30. The van der Waals surface area contributed by atoms with Gasteiger partial charge in [-0.15, -0.1) is 0 Å². The molecule has 19 heavy (non-hydrogen) atoms. The Balaban J connectivity index is 1.49. The molecule has 1 saturated carbocycles. The van der Waals surface area contributed by atoms with E-state index >= 15 is 0 Å². The Bertz CT molecular complexity index is 452. The van der Waals surface area contributed by atoms with Crippen molar-refractivity contribution in [2.45, 2.75) is 50.6 Å². The second-order valence-electron chi connectivity index (χ2n) is 5.72. The van der Waals surface area contributed by atoms with E-state index in [0.717, 1.165) is 25.7 Å². The van der Waals surface area contributed by atoms with Crippen molar-refractivity contribution < 1.29 is 4.79 Å². The summed E-state index contributed by atoms with van der Waals surface area (Å²) in [5.74, 6) is 0.149. The first-order valence-electron chi connectivity index (χ1n) is 7.43. The first kappa shape index (κ1) is 12.7. The highest BCUT2D eigenvalue weighted by molar-refractivity contribution is 5.78. The van der Waals surface area contributed by atoms with Crippen molar-refractivity contribution >= 4 is 5.91 Å². The Kier molecular flexibility index (Phi) is 3.83. The molecule has 1 aromatic carbocycles. The quantitative estimate of drug-likeness (QED) is 0.870. The van der Waals surface area contributed by atoms with Crippen LogP contribution >= 0.6 is 0 Å². The molecule has 3 nitrogen and oxygen atoms in total. The number of carbonyl (C=O) groups excluding carboxylic acids is 1. The molecule has 0 radical (unpaired) electrons. The molecule has 3 rings (SSSR count). The Hall–Kier alpha value is -1.35. The first-order chi connectivity index (χ1) is 9.33. The molecule has 2 aliphatic carbocycles. The molecule has 1 aromatic rings. The van der Waals surface area contributed by atoms with E-state index in [9.17, 15) is 4.79 Å². The molecule has 1 fully saturated rings. The summed E-state index contributed by atoms with van der Waals surface area (Å²) in [6.45, 7) is 0.440. The number of amides is 1. The van der Waals surface area contributed by atoms with Crippen LogP contribution in [-0.4, -0.2) is 18.5 Å². The monoisotopic (exact) mass is 258 g/mol. The number of nitrogens with one attached hydrogen (secondary N) is 2. The number of carbonyl (C=O) groups is 1. The summed E-state index contributed by atoms with van der Waals surface area (Å²) in [4.78, 5) is 11.9. The van der Waals surface area contributed by atoms with Crippen LogP contribution in [0.3, 0.4) is 0 Å². The predicted molar refractivity (Wildman–Crippen MR) is 75.9 cm³/mol. The van der Waals surface area contributed by atoms with E-state index in [4.69, 9.17) is 0 Å². The van der Waals surface area contributed by atoms with Gasteiger partial charge in [0.25, 0.3) is 0 Å². The zero-order valence-corrected chi connectivity index (χ0v) is 11.3. The molecule has 0 bridgehead atoms. The summed E-state index contributed by atoms with van der Waals surface area (Å²) in [5, 5.41) is 6.52. The number of fused-ring (bicyclic) bond motifs is 1. The van der Waals surface area contributed by atoms with Gasteiger partial charge in [-0.1, -0.05) is 37.1 Å². The fourth-order valence-electron chi connectivity index (χ4n) is 3.33. The van der Waals surface area contributed by atoms with Gasteiger partial charge in [0, 0.05) is 12.1 Å². The standard InChI is InChI=1S/C16H22N2O/c19-16(18-13-6-2-3-7-13)11-17-15-10-9-12-5-1-4-8-14(12)15/h1,4-5,8,13,15,17H,2-3,6-7,9-11H2,(H,18,19). The van der Waals surface area contributed by atoms with Crippen molar-refractivity contribution in [1.82, 2.24) is 10.6 Å². The van der Waals surface area contributed by atoms with Gasteiger partial charge in [-0.05, 0) is 36.8 Å².